The molecule has 0 unspecified atom stereocenters. The van der Waals surface area contributed by atoms with Gasteiger partial charge in [0.15, 0.2) is 5.84 Å². The lowest BCUT2D eigenvalue weighted by atomic mass is 10.1. The fourth-order valence-corrected chi connectivity index (χ4v) is 4.62. The Morgan fingerprint density at radius 2 is 1.97 bits per heavy atom. The maximum Gasteiger partial charge on any atom is 0.162 e. The van der Waals surface area contributed by atoms with Crippen molar-refractivity contribution in [2.24, 2.45) is 4.99 Å². The Kier molecular flexibility index (Phi) is 4.88. The van der Waals surface area contributed by atoms with Crippen molar-refractivity contribution in [1.29, 1.82) is 0 Å². The number of thiazole rings is 1. The van der Waals surface area contributed by atoms with E-state index in [2.05, 4.69) is 33.9 Å². The quantitative estimate of drug-likeness (QED) is 0.653. The van der Waals surface area contributed by atoms with E-state index >= 15 is 0 Å². The summed E-state index contributed by atoms with van der Waals surface area (Å²) in [6, 6.07) is 16.3. The number of para-hydroxylation sites is 3. The average molecular weight is 418 g/mol. The van der Waals surface area contributed by atoms with E-state index in [1.807, 2.05) is 43.3 Å². The molecule has 2 aliphatic heterocycles. The van der Waals surface area contributed by atoms with E-state index in [1.54, 1.807) is 18.4 Å². The van der Waals surface area contributed by atoms with E-state index in [0.29, 0.717) is 0 Å². The van der Waals surface area contributed by atoms with E-state index < -0.39 is 0 Å². The highest BCUT2D eigenvalue weighted by molar-refractivity contribution is 7.16. The zero-order valence-electron chi connectivity index (χ0n) is 17.0. The minimum absolute atomic E-state index is 0.769. The van der Waals surface area contributed by atoms with Crippen LogP contribution in [0.2, 0.25) is 0 Å². The van der Waals surface area contributed by atoms with Gasteiger partial charge < -0.3 is 20.3 Å². The van der Waals surface area contributed by atoms with Crippen molar-refractivity contribution < 1.29 is 4.74 Å². The first-order valence-corrected chi connectivity index (χ1v) is 10.8. The number of rotatable bonds is 3. The predicted octanol–water partition coefficient (Wildman–Crippen LogP) is 4.58. The molecule has 2 aromatic carbocycles. The summed E-state index contributed by atoms with van der Waals surface area (Å²) in [5, 5.41) is 9.11. The summed E-state index contributed by atoms with van der Waals surface area (Å²) in [6.07, 6.45) is 2.92. The zero-order valence-corrected chi connectivity index (χ0v) is 17.8. The highest BCUT2D eigenvalue weighted by Gasteiger charge is 2.25. The third kappa shape index (κ3) is 3.52. The number of hydrogen-bond donors (Lipinski definition) is 2. The standard InChI is InChI=1S/C23H23N5OS/c1-15-25-21-22(26-18-8-4-5-9-19(18)27-23(21)30-15)28-12-11-24-17(14-28)13-16-7-3-6-10-20(16)29-2/h3-10,14,24,27H,11-13H2,1-2H3. The Balaban J connectivity index is 1.53. The van der Waals surface area contributed by atoms with Crippen LogP contribution in [0.15, 0.2) is 65.4 Å². The number of fused-ring (bicyclic) bond motifs is 2. The first kappa shape index (κ1) is 18.7. The fourth-order valence-electron chi connectivity index (χ4n) is 3.79. The van der Waals surface area contributed by atoms with Crippen LogP contribution in [0.3, 0.4) is 0 Å². The molecule has 0 bridgehead atoms. The topological polar surface area (TPSA) is 61.8 Å². The number of aliphatic imine (C=N–C) groups is 1. The molecule has 0 saturated carbocycles. The number of amidine groups is 1. The molecule has 0 spiro atoms. The monoisotopic (exact) mass is 417 g/mol. The van der Waals surface area contributed by atoms with E-state index in [0.717, 1.165) is 69.4 Å². The summed E-state index contributed by atoms with van der Waals surface area (Å²) < 4.78 is 5.53. The molecule has 0 aliphatic carbocycles. The molecule has 6 nitrogen and oxygen atoms in total. The van der Waals surface area contributed by atoms with Crippen molar-refractivity contribution in [1.82, 2.24) is 15.2 Å². The van der Waals surface area contributed by atoms with Crippen LogP contribution in [0.25, 0.3) is 0 Å². The van der Waals surface area contributed by atoms with Gasteiger partial charge in [-0.25, -0.2) is 9.98 Å². The molecular formula is C23H23N5OS. The number of aryl methyl sites for hydroxylation is 1. The number of hydrogen-bond acceptors (Lipinski definition) is 7. The largest absolute Gasteiger partial charge is 0.496 e. The molecule has 5 rings (SSSR count). The smallest absolute Gasteiger partial charge is 0.162 e. The van der Waals surface area contributed by atoms with Gasteiger partial charge in [0.1, 0.15) is 16.4 Å². The highest BCUT2D eigenvalue weighted by atomic mass is 32.1. The molecule has 152 valence electrons. The molecule has 1 aromatic heterocycles. The van der Waals surface area contributed by atoms with E-state index in [9.17, 15) is 0 Å². The molecule has 30 heavy (non-hydrogen) atoms. The Bertz CT molecular complexity index is 1150. The van der Waals surface area contributed by atoms with Crippen LogP contribution in [-0.4, -0.2) is 35.9 Å². The molecule has 3 aromatic rings. The second kappa shape index (κ2) is 7.84. The van der Waals surface area contributed by atoms with Gasteiger partial charge in [-0.05, 0) is 25.1 Å². The molecular weight excluding hydrogens is 394 g/mol. The van der Waals surface area contributed by atoms with Crippen molar-refractivity contribution in [3.63, 3.8) is 0 Å². The van der Waals surface area contributed by atoms with Crippen LogP contribution in [0.1, 0.15) is 16.3 Å². The van der Waals surface area contributed by atoms with Crippen LogP contribution in [0.5, 0.6) is 5.75 Å². The van der Waals surface area contributed by atoms with E-state index in [-0.39, 0.29) is 0 Å². The van der Waals surface area contributed by atoms with Gasteiger partial charge >= 0.3 is 0 Å². The molecule has 0 amide bonds. The van der Waals surface area contributed by atoms with Gasteiger partial charge in [-0.2, -0.15) is 0 Å². The number of ether oxygens (including phenoxy) is 1. The zero-order chi connectivity index (χ0) is 20.5. The van der Waals surface area contributed by atoms with Crippen molar-refractivity contribution in [2.75, 3.05) is 25.5 Å². The number of allylic oxidation sites excluding steroid dienone is 1. The van der Waals surface area contributed by atoms with Gasteiger partial charge in [0.25, 0.3) is 0 Å². The van der Waals surface area contributed by atoms with Gasteiger partial charge in [0, 0.05) is 37.0 Å². The molecule has 0 atom stereocenters. The summed E-state index contributed by atoms with van der Waals surface area (Å²) in [6.45, 7) is 3.70. The molecule has 7 heteroatoms. The van der Waals surface area contributed by atoms with Gasteiger partial charge in [0.05, 0.1) is 23.5 Å². The van der Waals surface area contributed by atoms with Gasteiger partial charge in [-0.1, -0.05) is 30.3 Å². The number of anilines is 2. The van der Waals surface area contributed by atoms with Crippen LogP contribution in [-0.2, 0) is 6.42 Å². The number of nitrogens with zero attached hydrogens (tertiary/aromatic N) is 3. The second-order valence-corrected chi connectivity index (χ2v) is 8.45. The minimum Gasteiger partial charge on any atom is -0.496 e. The van der Waals surface area contributed by atoms with Crippen LogP contribution < -0.4 is 15.4 Å². The first-order valence-electron chi connectivity index (χ1n) is 9.97. The maximum absolute atomic E-state index is 5.53. The molecule has 2 N–H and O–H groups in total. The van der Waals surface area contributed by atoms with E-state index in [1.165, 1.54) is 0 Å². The Labute approximate surface area is 179 Å². The third-order valence-electron chi connectivity index (χ3n) is 5.19. The van der Waals surface area contributed by atoms with Gasteiger partial charge in [-0.15, -0.1) is 11.3 Å². The van der Waals surface area contributed by atoms with Crippen molar-refractivity contribution in [3.05, 3.63) is 76.7 Å². The lowest BCUT2D eigenvalue weighted by Gasteiger charge is -2.28. The predicted molar refractivity (Wildman–Crippen MR) is 122 cm³/mol. The number of nitrogens with one attached hydrogen (secondary N) is 2. The molecule has 0 fully saturated rings. The fraction of sp³-hybridized carbons (Fsp3) is 0.217. The van der Waals surface area contributed by atoms with Crippen molar-refractivity contribution in [2.45, 2.75) is 13.3 Å². The molecule has 0 saturated heterocycles. The maximum atomic E-state index is 5.53. The molecule has 3 heterocycles. The number of aromatic nitrogens is 1. The van der Waals surface area contributed by atoms with E-state index in [4.69, 9.17) is 14.7 Å². The van der Waals surface area contributed by atoms with Crippen LogP contribution in [0, 0.1) is 6.92 Å². The lowest BCUT2D eigenvalue weighted by molar-refractivity contribution is 0.409. The van der Waals surface area contributed by atoms with Gasteiger partial charge in [0.2, 0.25) is 0 Å². The van der Waals surface area contributed by atoms with Crippen LogP contribution >= 0.6 is 11.3 Å². The van der Waals surface area contributed by atoms with Crippen molar-refractivity contribution in [3.8, 4) is 5.75 Å². The Morgan fingerprint density at radius 3 is 2.87 bits per heavy atom. The normalized spacial score (nSPS) is 15.1. The summed E-state index contributed by atoms with van der Waals surface area (Å²) >= 11 is 1.66. The SMILES string of the molecule is COc1ccccc1CC1=CN(C2=Nc3ccccc3Nc3sc(C)nc32)CCN1. The van der Waals surface area contributed by atoms with Gasteiger partial charge in [-0.3, -0.25) is 0 Å². The van der Waals surface area contributed by atoms with Crippen LogP contribution in [0.4, 0.5) is 16.4 Å². The average Bonchev–Trinajstić information content (AvgIpc) is 3.05. The minimum atomic E-state index is 0.769. The highest BCUT2D eigenvalue weighted by Crippen LogP contribution is 2.37. The Morgan fingerprint density at radius 1 is 1.13 bits per heavy atom. The third-order valence-corrected chi connectivity index (χ3v) is 6.07. The number of benzene rings is 2. The lowest BCUT2D eigenvalue weighted by Crippen LogP contribution is -2.39. The summed E-state index contributed by atoms with van der Waals surface area (Å²) in [5.74, 6) is 1.78. The van der Waals surface area contributed by atoms with Crippen molar-refractivity contribution >= 4 is 33.5 Å². The first-order chi connectivity index (χ1) is 14.7. The summed E-state index contributed by atoms with van der Waals surface area (Å²) in [7, 11) is 1.71. The second-order valence-electron chi connectivity index (χ2n) is 7.25. The number of methoxy groups -OCH3 is 1. The molecule has 2 aliphatic rings. The Hall–Kier alpha value is -3.32. The molecule has 0 radical (unpaired) electrons. The summed E-state index contributed by atoms with van der Waals surface area (Å²) in [4.78, 5) is 12.0. The summed E-state index contributed by atoms with van der Waals surface area (Å²) in [5.41, 5.74) is 5.12.